The van der Waals surface area contributed by atoms with Gasteiger partial charge in [-0.05, 0) is 19.1 Å². The quantitative estimate of drug-likeness (QED) is 0.824. The Hall–Kier alpha value is -2.10. The molecule has 0 saturated heterocycles. The van der Waals surface area contributed by atoms with Crippen molar-refractivity contribution < 1.29 is 9.90 Å². The van der Waals surface area contributed by atoms with Gasteiger partial charge >= 0.3 is 0 Å². The van der Waals surface area contributed by atoms with Crippen molar-refractivity contribution in [2.75, 3.05) is 0 Å². The largest absolute Gasteiger partial charge is 0.507 e. The highest BCUT2D eigenvalue weighted by Gasteiger charge is 2.08. The highest BCUT2D eigenvalue weighted by Crippen LogP contribution is 2.21. The summed E-state index contributed by atoms with van der Waals surface area (Å²) in [7, 11) is 0. The molecule has 4 heteroatoms. The number of nitrogens with zero attached hydrogens (tertiary/aromatic N) is 1. The van der Waals surface area contributed by atoms with Crippen LogP contribution >= 0.6 is 0 Å². The minimum Gasteiger partial charge on any atom is -0.507 e. The molecular weight excluding hydrogens is 206 g/mol. The van der Waals surface area contributed by atoms with Gasteiger partial charge in [-0.25, -0.2) is 0 Å². The monoisotopic (exact) mass is 217 g/mol. The number of aromatic nitrogens is 1. The number of hydrogen-bond acceptors (Lipinski definition) is 3. The van der Waals surface area contributed by atoms with E-state index in [1.165, 1.54) is 11.5 Å². The molecule has 1 heterocycles. The first-order valence-electron chi connectivity index (χ1n) is 4.90. The first-order valence-corrected chi connectivity index (χ1v) is 4.90. The topological polar surface area (TPSA) is 59.3 Å². The predicted molar refractivity (Wildman–Crippen MR) is 60.6 cm³/mol. The fraction of sp³-hybridized carbons (Fsp3) is 0.167. The molecule has 0 aliphatic carbocycles. The Bertz CT molecular complexity index is 613. The summed E-state index contributed by atoms with van der Waals surface area (Å²) in [6.45, 7) is 1.45. The fourth-order valence-electron chi connectivity index (χ4n) is 1.70. The summed E-state index contributed by atoms with van der Waals surface area (Å²) < 4.78 is 1.36. The Morgan fingerprint density at radius 3 is 2.75 bits per heavy atom. The summed E-state index contributed by atoms with van der Waals surface area (Å²) in [4.78, 5) is 22.7. The lowest BCUT2D eigenvalue weighted by Crippen LogP contribution is -2.22. The minimum absolute atomic E-state index is 0.0274. The smallest absolute Gasteiger partial charge is 0.255 e. The highest BCUT2D eigenvalue weighted by molar-refractivity contribution is 5.86. The predicted octanol–water partition coefficient (Wildman–Crippen LogP) is 1.30. The molecule has 1 aromatic carbocycles. The fourth-order valence-corrected chi connectivity index (χ4v) is 1.70. The van der Waals surface area contributed by atoms with Gasteiger partial charge in [-0.15, -0.1) is 0 Å². The van der Waals surface area contributed by atoms with Crippen molar-refractivity contribution in [2.45, 2.75) is 13.5 Å². The van der Waals surface area contributed by atoms with E-state index in [4.69, 9.17) is 0 Å². The Balaban J connectivity index is 2.81. The van der Waals surface area contributed by atoms with Crippen molar-refractivity contribution in [1.82, 2.24) is 4.57 Å². The maximum atomic E-state index is 11.6. The molecular formula is C12H11NO3. The number of hydrogen-bond donors (Lipinski definition) is 1. The molecule has 0 fully saturated rings. The SMILES string of the molecule is CC(=O)Cn1c(=O)cc(O)c2ccccc21. The molecule has 0 atom stereocenters. The molecule has 0 aliphatic rings. The second-order valence-electron chi connectivity index (χ2n) is 3.67. The van der Waals surface area contributed by atoms with Gasteiger partial charge in [0.2, 0.25) is 0 Å². The van der Waals surface area contributed by atoms with E-state index in [9.17, 15) is 14.7 Å². The van der Waals surface area contributed by atoms with Crippen molar-refractivity contribution in [3.05, 3.63) is 40.7 Å². The first kappa shape index (κ1) is 10.4. The highest BCUT2D eigenvalue weighted by atomic mass is 16.3. The van der Waals surface area contributed by atoms with Crippen LogP contribution in [-0.2, 0) is 11.3 Å². The number of para-hydroxylation sites is 1. The van der Waals surface area contributed by atoms with Crippen LogP contribution in [0.5, 0.6) is 5.75 Å². The minimum atomic E-state index is -0.369. The zero-order valence-electron chi connectivity index (χ0n) is 8.80. The van der Waals surface area contributed by atoms with E-state index in [1.54, 1.807) is 24.3 Å². The molecule has 16 heavy (non-hydrogen) atoms. The van der Waals surface area contributed by atoms with Crippen LogP contribution in [0.25, 0.3) is 10.9 Å². The molecule has 0 bridgehead atoms. The molecule has 4 nitrogen and oxygen atoms in total. The lowest BCUT2D eigenvalue weighted by molar-refractivity contribution is -0.117. The molecule has 0 radical (unpaired) electrons. The number of aromatic hydroxyl groups is 1. The molecule has 2 aromatic rings. The number of fused-ring (bicyclic) bond motifs is 1. The Labute approximate surface area is 91.8 Å². The van der Waals surface area contributed by atoms with Crippen LogP contribution in [0.3, 0.4) is 0 Å². The van der Waals surface area contributed by atoms with E-state index >= 15 is 0 Å². The van der Waals surface area contributed by atoms with E-state index < -0.39 is 0 Å². The number of rotatable bonds is 2. The molecule has 0 saturated carbocycles. The van der Waals surface area contributed by atoms with Gasteiger partial charge in [0.05, 0.1) is 12.1 Å². The lowest BCUT2D eigenvalue weighted by atomic mass is 10.2. The zero-order chi connectivity index (χ0) is 11.7. The second kappa shape index (κ2) is 3.81. The van der Waals surface area contributed by atoms with Crippen molar-refractivity contribution in [1.29, 1.82) is 0 Å². The van der Waals surface area contributed by atoms with E-state index in [0.717, 1.165) is 6.07 Å². The molecule has 1 aromatic heterocycles. The average molecular weight is 217 g/mol. The van der Waals surface area contributed by atoms with Crippen molar-refractivity contribution in [2.24, 2.45) is 0 Å². The Morgan fingerprint density at radius 2 is 2.06 bits per heavy atom. The molecule has 82 valence electrons. The normalized spacial score (nSPS) is 10.6. The van der Waals surface area contributed by atoms with Crippen LogP contribution in [0.4, 0.5) is 0 Å². The first-order chi connectivity index (χ1) is 7.59. The van der Waals surface area contributed by atoms with E-state index in [0.29, 0.717) is 10.9 Å². The number of pyridine rings is 1. The number of carbonyl (C=O) groups excluding carboxylic acids is 1. The number of ketones is 1. The molecule has 0 aliphatic heterocycles. The molecule has 0 spiro atoms. The number of benzene rings is 1. The van der Waals surface area contributed by atoms with Gasteiger partial charge < -0.3 is 9.67 Å². The van der Waals surface area contributed by atoms with Crippen LogP contribution in [0.1, 0.15) is 6.92 Å². The van der Waals surface area contributed by atoms with Crippen LogP contribution in [-0.4, -0.2) is 15.5 Å². The summed E-state index contributed by atoms with van der Waals surface area (Å²) in [5.74, 6) is -0.154. The van der Waals surface area contributed by atoms with E-state index in [2.05, 4.69) is 0 Å². The maximum Gasteiger partial charge on any atom is 0.255 e. The second-order valence-corrected chi connectivity index (χ2v) is 3.67. The van der Waals surface area contributed by atoms with Gasteiger partial charge in [0, 0.05) is 11.5 Å². The zero-order valence-corrected chi connectivity index (χ0v) is 8.80. The maximum absolute atomic E-state index is 11.6. The molecule has 1 N–H and O–H groups in total. The van der Waals surface area contributed by atoms with Gasteiger partial charge in [0.15, 0.2) is 0 Å². The Kier molecular flexibility index (Phi) is 2.48. The van der Waals surface area contributed by atoms with Gasteiger partial charge in [0.1, 0.15) is 11.5 Å². The van der Waals surface area contributed by atoms with Crippen LogP contribution in [0.15, 0.2) is 35.1 Å². The van der Waals surface area contributed by atoms with Crippen LogP contribution < -0.4 is 5.56 Å². The summed E-state index contributed by atoms with van der Waals surface area (Å²) in [6, 6.07) is 8.08. The number of Topliss-reactive ketones (excluding diaryl/α,β-unsaturated/α-hetero) is 1. The molecule has 2 rings (SSSR count). The average Bonchev–Trinajstić information content (AvgIpc) is 2.24. The Morgan fingerprint density at radius 1 is 1.38 bits per heavy atom. The summed E-state index contributed by atoms with van der Waals surface area (Å²) in [5, 5.41) is 10.2. The molecule has 0 unspecified atom stereocenters. The standard InChI is InChI=1S/C12H11NO3/c1-8(14)7-13-10-5-3-2-4-9(10)11(15)6-12(13)16/h2-6,15H,7H2,1H3. The third-order valence-corrected chi connectivity index (χ3v) is 2.38. The third-order valence-electron chi connectivity index (χ3n) is 2.38. The van der Waals surface area contributed by atoms with Crippen LogP contribution in [0.2, 0.25) is 0 Å². The number of carbonyl (C=O) groups is 1. The van der Waals surface area contributed by atoms with Gasteiger partial charge in [0.25, 0.3) is 5.56 Å². The van der Waals surface area contributed by atoms with Gasteiger partial charge in [-0.2, -0.15) is 0 Å². The third kappa shape index (κ3) is 1.69. The van der Waals surface area contributed by atoms with Crippen LogP contribution in [0, 0.1) is 0 Å². The summed E-state index contributed by atoms with van der Waals surface area (Å²) >= 11 is 0. The van der Waals surface area contributed by atoms with Crippen molar-refractivity contribution in [3.63, 3.8) is 0 Å². The van der Waals surface area contributed by atoms with Gasteiger partial charge in [-0.3, -0.25) is 9.59 Å². The molecule has 0 amide bonds. The van der Waals surface area contributed by atoms with Gasteiger partial charge in [-0.1, -0.05) is 12.1 Å². The summed E-state index contributed by atoms with van der Waals surface area (Å²) in [6.07, 6.45) is 0. The van der Waals surface area contributed by atoms with Crippen molar-refractivity contribution in [3.8, 4) is 5.75 Å². The summed E-state index contributed by atoms with van der Waals surface area (Å²) in [5.41, 5.74) is 0.203. The van der Waals surface area contributed by atoms with E-state index in [1.807, 2.05) is 0 Å². The van der Waals surface area contributed by atoms with Crippen molar-refractivity contribution >= 4 is 16.7 Å². The lowest BCUT2D eigenvalue weighted by Gasteiger charge is -2.09. The van der Waals surface area contributed by atoms with E-state index in [-0.39, 0.29) is 23.6 Å².